The minimum absolute atomic E-state index is 0.0876. The highest BCUT2D eigenvalue weighted by molar-refractivity contribution is 7.19. The summed E-state index contributed by atoms with van der Waals surface area (Å²) in [7, 11) is -2.69. The molecule has 4 nitrogen and oxygen atoms in total. The number of hydrogen-bond acceptors (Lipinski definition) is 3. The fourth-order valence-corrected chi connectivity index (χ4v) is 12.9. The fourth-order valence-electron chi connectivity index (χ4n) is 8.05. The first-order chi connectivity index (χ1) is 24.8. The van der Waals surface area contributed by atoms with Crippen LogP contribution in [0.1, 0.15) is 29.7 Å². The molecule has 0 spiro atoms. The summed E-state index contributed by atoms with van der Waals surface area (Å²) in [5.74, 6) is 0. The van der Waals surface area contributed by atoms with Gasteiger partial charge in [-0.3, -0.25) is 16.0 Å². The van der Waals surface area contributed by atoms with Gasteiger partial charge in [-0.05, 0) is 44.0 Å². The van der Waals surface area contributed by atoms with Crippen LogP contribution in [0.4, 0.5) is 0 Å². The van der Waals surface area contributed by atoms with Crippen molar-refractivity contribution in [2.24, 2.45) is 0 Å². The monoisotopic (exact) mass is 662 g/mol. The second kappa shape index (κ2) is 13.0. The molecular formula is C45H38N4Si. The zero-order valence-electron chi connectivity index (χ0n) is 27.7. The van der Waals surface area contributed by atoms with E-state index in [2.05, 4.69) is 215 Å². The molecule has 7 aromatic carbocycles. The lowest BCUT2D eigenvalue weighted by Crippen LogP contribution is -2.74. The van der Waals surface area contributed by atoms with E-state index in [1.165, 1.54) is 53.7 Å². The third-order valence-electron chi connectivity index (χ3n) is 10.3. The zero-order valence-corrected chi connectivity index (χ0v) is 28.7. The maximum absolute atomic E-state index is 4.01. The Bertz CT molecular complexity index is 2230. The third-order valence-corrected chi connectivity index (χ3v) is 15.0. The van der Waals surface area contributed by atoms with E-state index in [1.807, 2.05) is 0 Å². The number of hydrogen-bond donors (Lipinski definition) is 3. The van der Waals surface area contributed by atoms with Crippen molar-refractivity contribution in [1.29, 1.82) is 0 Å². The molecule has 1 aromatic heterocycles. The van der Waals surface area contributed by atoms with Gasteiger partial charge in [0.1, 0.15) is 6.29 Å². The Morgan fingerprint density at radius 3 is 1.28 bits per heavy atom. The maximum Gasteiger partial charge on any atom is 0.179 e. The van der Waals surface area contributed by atoms with Gasteiger partial charge in [0, 0.05) is 10.8 Å². The predicted molar refractivity (Wildman–Crippen MR) is 210 cm³/mol. The van der Waals surface area contributed by atoms with E-state index >= 15 is 0 Å². The van der Waals surface area contributed by atoms with Gasteiger partial charge < -0.3 is 4.57 Å². The Hall–Kier alpha value is -5.56. The average molecular weight is 663 g/mol. The minimum Gasteiger partial charge on any atom is -0.311 e. The molecule has 1 aliphatic rings. The molecule has 0 radical (unpaired) electrons. The van der Waals surface area contributed by atoms with Crippen LogP contribution in [0.5, 0.6) is 0 Å². The molecule has 1 saturated heterocycles. The molecule has 1 fully saturated rings. The van der Waals surface area contributed by atoms with Gasteiger partial charge in [0.15, 0.2) is 8.07 Å². The van der Waals surface area contributed by atoms with Crippen LogP contribution in [-0.4, -0.2) is 12.6 Å². The minimum atomic E-state index is -2.69. The van der Waals surface area contributed by atoms with E-state index in [0.717, 1.165) is 0 Å². The molecule has 242 valence electrons. The second-order valence-corrected chi connectivity index (χ2v) is 16.9. The van der Waals surface area contributed by atoms with Crippen LogP contribution in [0.15, 0.2) is 194 Å². The van der Waals surface area contributed by atoms with Gasteiger partial charge in [0.25, 0.3) is 0 Å². The van der Waals surface area contributed by atoms with Gasteiger partial charge in [-0.25, -0.2) is 0 Å². The van der Waals surface area contributed by atoms with E-state index < -0.39 is 8.07 Å². The topological polar surface area (TPSA) is 41.0 Å². The normalized spacial score (nSPS) is 18.0. The summed E-state index contributed by atoms with van der Waals surface area (Å²) in [6, 6.07) is 70.9. The highest BCUT2D eigenvalue weighted by atomic mass is 28.3. The largest absolute Gasteiger partial charge is 0.311 e. The Balaban J connectivity index is 1.22. The summed E-state index contributed by atoms with van der Waals surface area (Å²) in [5.41, 5.74) is 4.80. The Morgan fingerprint density at radius 2 is 0.760 bits per heavy atom. The van der Waals surface area contributed by atoms with Gasteiger partial charge in [0.05, 0.1) is 23.4 Å². The number of benzene rings is 7. The Morgan fingerprint density at radius 1 is 0.360 bits per heavy atom. The number of fused-ring (bicyclic) bond motifs is 3. The molecule has 3 atom stereocenters. The number of nitrogens with one attached hydrogen (secondary N) is 3. The van der Waals surface area contributed by atoms with Crippen molar-refractivity contribution in [3.63, 3.8) is 0 Å². The Labute approximate surface area is 294 Å². The first kappa shape index (κ1) is 30.5. The second-order valence-electron chi connectivity index (χ2n) is 13.1. The molecule has 0 amide bonds. The molecule has 8 aromatic rings. The van der Waals surface area contributed by atoms with Crippen LogP contribution >= 0.6 is 0 Å². The van der Waals surface area contributed by atoms with Crippen LogP contribution in [-0.2, 0) is 0 Å². The van der Waals surface area contributed by atoms with E-state index in [9.17, 15) is 0 Å². The van der Waals surface area contributed by atoms with Gasteiger partial charge in [0.2, 0.25) is 0 Å². The summed E-state index contributed by atoms with van der Waals surface area (Å²) in [6.45, 7) is 0. The molecule has 2 heterocycles. The van der Waals surface area contributed by atoms with Gasteiger partial charge in [-0.1, -0.05) is 182 Å². The van der Waals surface area contributed by atoms with Gasteiger partial charge >= 0.3 is 0 Å². The number of nitrogens with zero attached hydrogens (tertiary/aromatic N) is 1. The van der Waals surface area contributed by atoms with E-state index in [0.29, 0.717) is 0 Å². The zero-order chi connectivity index (χ0) is 33.3. The summed E-state index contributed by atoms with van der Waals surface area (Å²) >= 11 is 0. The number of para-hydroxylation sites is 2. The van der Waals surface area contributed by atoms with Crippen molar-refractivity contribution in [1.82, 2.24) is 20.5 Å². The lowest BCUT2D eigenvalue weighted by molar-refractivity contribution is 0.161. The van der Waals surface area contributed by atoms with E-state index in [4.69, 9.17) is 0 Å². The summed E-state index contributed by atoms with van der Waals surface area (Å²) in [6.07, 6.45) is -0.407. The molecule has 1 aliphatic heterocycles. The maximum atomic E-state index is 4.01. The lowest BCUT2D eigenvalue weighted by atomic mass is 10.1. The average Bonchev–Trinajstić information content (AvgIpc) is 3.54. The standard InChI is InChI=1S/C45H38N4Si/c1-5-18-33(19-6-1)43-46-44(48-45(47-43)49-41-30-15-13-28-39(41)40-29-14-16-31-42(40)49)34-20-17-27-38(32-34)50(35-21-7-2-8-22-35,36-23-9-3-10-24-36)37-25-11-4-12-26-37/h1-32,43-48H. The van der Waals surface area contributed by atoms with Gasteiger partial charge in [-0.15, -0.1) is 0 Å². The van der Waals surface area contributed by atoms with Crippen LogP contribution in [0.25, 0.3) is 21.8 Å². The van der Waals surface area contributed by atoms with Crippen LogP contribution in [0.3, 0.4) is 0 Å². The fraction of sp³-hybridized carbons (Fsp3) is 0.0667. The van der Waals surface area contributed by atoms with E-state index in [1.54, 1.807) is 0 Å². The predicted octanol–water partition coefficient (Wildman–Crippen LogP) is 6.81. The lowest BCUT2D eigenvalue weighted by Gasteiger charge is -2.41. The summed E-state index contributed by atoms with van der Waals surface area (Å²) in [5, 5.41) is 19.9. The van der Waals surface area contributed by atoms with Crippen molar-refractivity contribution >= 4 is 50.6 Å². The molecule has 0 saturated carbocycles. The molecule has 9 rings (SSSR count). The molecule has 3 N–H and O–H groups in total. The Kier molecular flexibility index (Phi) is 7.96. The van der Waals surface area contributed by atoms with Crippen LogP contribution in [0.2, 0.25) is 0 Å². The highest BCUT2D eigenvalue weighted by Crippen LogP contribution is 2.33. The smallest absolute Gasteiger partial charge is 0.179 e. The van der Waals surface area contributed by atoms with Crippen LogP contribution in [0, 0.1) is 0 Å². The highest BCUT2D eigenvalue weighted by Gasteiger charge is 2.42. The third kappa shape index (κ3) is 5.19. The number of rotatable bonds is 7. The van der Waals surface area contributed by atoms with Crippen molar-refractivity contribution in [2.75, 3.05) is 0 Å². The first-order valence-corrected chi connectivity index (χ1v) is 19.4. The molecule has 0 bridgehead atoms. The van der Waals surface area contributed by atoms with Crippen molar-refractivity contribution < 1.29 is 0 Å². The first-order valence-electron chi connectivity index (χ1n) is 17.4. The van der Waals surface area contributed by atoms with Crippen molar-refractivity contribution in [3.8, 4) is 0 Å². The SMILES string of the molecule is c1ccc(C2NC(c3cccc([Si](c4ccccc4)(c4ccccc4)c4ccccc4)c3)NC(n3c4ccccc4c4ccccc43)N2)cc1. The summed E-state index contributed by atoms with van der Waals surface area (Å²) in [4.78, 5) is 0. The molecule has 3 unspecified atom stereocenters. The molecular weight excluding hydrogens is 625 g/mol. The molecule has 0 aliphatic carbocycles. The van der Waals surface area contributed by atoms with Crippen molar-refractivity contribution in [2.45, 2.75) is 18.6 Å². The van der Waals surface area contributed by atoms with Crippen molar-refractivity contribution in [3.05, 3.63) is 205 Å². The van der Waals surface area contributed by atoms with Gasteiger partial charge in [-0.2, -0.15) is 0 Å². The quantitative estimate of drug-likeness (QED) is 0.130. The molecule has 5 heteroatoms. The van der Waals surface area contributed by atoms with Crippen LogP contribution < -0.4 is 36.7 Å². The summed E-state index contributed by atoms with van der Waals surface area (Å²) < 4.78 is 2.43. The molecule has 50 heavy (non-hydrogen) atoms. The van der Waals surface area contributed by atoms with E-state index in [-0.39, 0.29) is 18.6 Å². The number of aromatic nitrogens is 1.